The Balaban J connectivity index is 2.75. The normalized spacial score (nSPS) is 11.8. The molecular formula is C14H21BrO3. The van der Waals surface area contributed by atoms with Gasteiger partial charge in [0.25, 0.3) is 0 Å². The van der Waals surface area contributed by atoms with E-state index in [2.05, 4.69) is 22.9 Å². The van der Waals surface area contributed by atoms with Crippen LogP contribution >= 0.6 is 15.9 Å². The van der Waals surface area contributed by atoms with Crippen molar-refractivity contribution >= 4 is 15.9 Å². The average molecular weight is 317 g/mol. The van der Waals surface area contributed by atoms with Crippen LogP contribution < -0.4 is 0 Å². The molecule has 2 N–H and O–H groups in total. The molecule has 0 amide bonds. The van der Waals surface area contributed by atoms with Crippen LogP contribution in [0.3, 0.4) is 0 Å². The van der Waals surface area contributed by atoms with Gasteiger partial charge in [-0.25, -0.2) is 0 Å². The molecule has 1 aromatic rings. The van der Waals surface area contributed by atoms with Crippen LogP contribution in [0, 0.1) is 0 Å². The van der Waals surface area contributed by atoms with Crippen molar-refractivity contribution in [2.45, 2.75) is 25.2 Å². The third-order valence-electron chi connectivity index (χ3n) is 3.14. The van der Waals surface area contributed by atoms with E-state index in [1.54, 1.807) is 0 Å². The number of aliphatic hydroxyl groups excluding tert-OH is 2. The van der Waals surface area contributed by atoms with Gasteiger partial charge in [0.2, 0.25) is 0 Å². The molecule has 0 saturated heterocycles. The Bertz CT molecular complexity index is 333. The molecule has 4 heteroatoms. The van der Waals surface area contributed by atoms with Gasteiger partial charge in [0.15, 0.2) is 0 Å². The highest BCUT2D eigenvalue weighted by molar-refractivity contribution is 9.10. The summed E-state index contributed by atoms with van der Waals surface area (Å²) in [5, 5.41) is 19.3. The topological polar surface area (TPSA) is 49.7 Å². The molecule has 3 nitrogen and oxygen atoms in total. The molecule has 0 fully saturated rings. The molecule has 0 unspecified atom stereocenters. The smallest absolute Gasteiger partial charge is 0.0550 e. The number of ether oxygens (including phenoxy) is 1. The van der Waals surface area contributed by atoms with Crippen molar-refractivity contribution in [1.29, 1.82) is 0 Å². The summed E-state index contributed by atoms with van der Waals surface area (Å²) in [4.78, 5) is 0. The van der Waals surface area contributed by atoms with E-state index in [1.807, 2.05) is 24.3 Å². The number of halogens is 1. The summed E-state index contributed by atoms with van der Waals surface area (Å²) >= 11 is 3.38. The lowest BCUT2D eigenvalue weighted by Gasteiger charge is -2.30. The second kappa shape index (κ2) is 7.89. The minimum Gasteiger partial charge on any atom is -0.395 e. The van der Waals surface area contributed by atoms with E-state index in [-0.39, 0.29) is 13.2 Å². The van der Waals surface area contributed by atoms with Crippen LogP contribution in [0.5, 0.6) is 0 Å². The Labute approximate surface area is 117 Å². The molecule has 0 atom stereocenters. The number of hydrogen-bond donors (Lipinski definition) is 2. The van der Waals surface area contributed by atoms with Gasteiger partial charge in [-0.2, -0.15) is 0 Å². The summed E-state index contributed by atoms with van der Waals surface area (Å²) in [6.45, 7) is 3.15. The van der Waals surface area contributed by atoms with Crippen LogP contribution in [0.2, 0.25) is 0 Å². The zero-order valence-electron chi connectivity index (χ0n) is 10.7. The summed E-state index contributed by atoms with van der Waals surface area (Å²) in [6, 6.07) is 7.69. The van der Waals surface area contributed by atoms with Gasteiger partial charge in [-0.1, -0.05) is 35.0 Å². The van der Waals surface area contributed by atoms with Gasteiger partial charge in [0, 0.05) is 23.1 Å². The van der Waals surface area contributed by atoms with Gasteiger partial charge in [0.1, 0.15) is 0 Å². The zero-order valence-corrected chi connectivity index (χ0v) is 12.3. The molecular weight excluding hydrogens is 296 g/mol. The fraction of sp³-hybridized carbons (Fsp3) is 0.571. The first-order chi connectivity index (χ1) is 8.68. The predicted octanol–water partition coefficient (Wildman–Crippen LogP) is 2.49. The summed E-state index contributed by atoms with van der Waals surface area (Å²) in [5.41, 5.74) is 0.324. The number of aliphatic hydroxyl groups is 2. The Morgan fingerprint density at radius 2 is 1.72 bits per heavy atom. The maximum Gasteiger partial charge on any atom is 0.0550 e. The molecule has 0 aliphatic rings. The maximum absolute atomic E-state index is 9.63. The van der Waals surface area contributed by atoms with Crippen molar-refractivity contribution in [2.24, 2.45) is 0 Å². The Hall–Kier alpha value is -0.420. The SMILES string of the molecule is CCCOCCC(CO)(CO)c1ccc(Br)cc1. The minimum absolute atomic E-state index is 0.0827. The third kappa shape index (κ3) is 4.05. The van der Waals surface area contributed by atoms with Crippen molar-refractivity contribution in [3.8, 4) is 0 Å². The first-order valence-electron chi connectivity index (χ1n) is 6.24. The molecule has 0 aliphatic carbocycles. The van der Waals surface area contributed by atoms with Crippen LogP contribution in [0.25, 0.3) is 0 Å². The van der Waals surface area contributed by atoms with Crippen LogP contribution in [0.4, 0.5) is 0 Å². The third-order valence-corrected chi connectivity index (χ3v) is 3.66. The Kier molecular flexibility index (Phi) is 6.86. The van der Waals surface area contributed by atoms with Gasteiger partial charge in [0.05, 0.1) is 13.2 Å². The molecule has 0 heterocycles. The lowest BCUT2D eigenvalue weighted by Crippen LogP contribution is -2.36. The van der Waals surface area contributed by atoms with E-state index in [9.17, 15) is 10.2 Å². The first-order valence-corrected chi connectivity index (χ1v) is 7.03. The second-order valence-corrected chi connectivity index (χ2v) is 5.38. The molecule has 102 valence electrons. The van der Waals surface area contributed by atoms with Gasteiger partial charge >= 0.3 is 0 Å². The Morgan fingerprint density at radius 1 is 1.11 bits per heavy atom. The van der Waals surface area contributed by atoms with E-state index < -0.39 is 5.41 Å². The molecule has 1 rings (SSSR count). The van der Waals surface area contributed by atoms with Gasteiger partial charge in [-0.05, 0) is 30.5 Å². The fourth-order valence-electron chi connectivity index (χ4n) is 1.85. The van der Waals surface area contributed by atoms with Crippen molar-refractivity contribution in [1.82, 2.24) is 0 Å². The Morgan fingerprint density at radius 3 is 2.22 bits per heavy atom. The number of hydrogen-bond acceptors (Lipinski definition) is 3. The quantitative estimate of drug-likeness (QED) is 0.724. The number of benzene rings is 1. The summed E-state index contributed by atoms with van der Waals surface area (Å²) < 4.78 is 6.44. The van der Waals surface area contributed by atoms with Gasteiger partial charge in [-0.3, -0.25) is 0 Å². The van der Waals surface area contributed by atoms with Gasteiger partial charge < -0.3 is 14.9 Å². The molecule has 0 aromatic heterocycles. The van der Waals surface area contributed by atoms with Crippen LogP contribution in [0.1, 0.15) is 25.3 Å². The highest BCUT2D eigenvalue weighted by Crippen LogP contribution is 2.28. The zero-order chi connectivity index (χ0) is 13.4. The lowest BCUT2D eigenvalue weighted by molar-refractivity contribution is 0.0627. The van der Waals surface area contributed by atoms with E-state index >= 15 is 0 Å². The molecule has 0 bridgehead atoms. The fourth-order valence-corrected chi connectivity index (χ4v) is 2.12. The van der Waals surface area contributed by atoms with Crippen LogP contribution in [0.15, 0.2) is 28.7 Å². The van der Waals surface area contributed by atoms with E-state index in [0.717, 1.165) is 16.5 Å². The predicted molar refractivity (Wildman–Crippen MR) is 75.7 cm³/mol. The molecule has 18 heavy (non-hydrogen) atoms. The van der Waals surface area contributed by atoms with Crippen LogP contribution in [-0.4, -0.2) is 36.6 Å². The lowest BCUT2D eigenvalue weighted by atomic mass is 9.79. The monoisotopic (exact) mass is 316 g/mol. The summed E-state index contributed by atoms with van der Waals surface area (Å²) in [5.74, 6) is 0. The highest BCUT2D eigenvalue weighted by Gasteiger charge is 2.30. The minimum atomic E-state index is -0.617. The first kappa shape index (κ1) is 15.6. The molecule has 0 radical (unpaired) electrons. The highest BCUT2D eigenvalue weighted by atomic mass is 79.9. The van der Waals surface area contributed by atoms with Crippen molar-refractivity contribution in [3.63, 3.8) is 0 Å². The average Bonchev–Trinajstić information content (AvgIpc) is 2.41. The molecule has 0 spiro atoms. The molecule has 0 saturated carbocycles. The van der Waals surface area contributed by atoms with Crippen LogP contribution in [-0.2, 0) is 10.2 Å². The van der Waals surface area contributed by atoms with Crippen molar-refractivity contribution < 1.29 is 14.9 Å². The summed E-state index contributed by atoms with van der Waals surface area (Å²) in [7, 11) is 0. The standard InChI is InChI=1S/C14H21BrO3/c1-2-8-18-9-7-14(10-16,11-17)12-3-5-13(15)6-4-12/h3-6,16-17H,2,7-11H2,1H3. The number of rotatable bonds is 8. The van der Waals surface area contributed by atoms with Gasteiger partial charge in [-0.15, -0.1) is 0 Å². The summed E-state index contributed by atoms with van der Waals surface area (Å²) in [6.07, 6.45) is 1.59. The van der Waals surface area contributed by atoms with Crippen molar-refractivity contribution in [2.75, 3.05) is 26.4 Å². The van der Waals surface area contributed by atoms with Crippen molar-refractivity contribution in [3.05, 3.63) is 34.3 Å². The van der Waals surface area contributed by atoms with E-state index in [4.69, 9.17) is 4.74 Å². The maximum atomic E-state index is 9.63. The van der Waals surface area contributed by atoms with E-state index in [0.29, 0.717) is 19.6 Å². The molecule has 0 aliphatic heterocycles. The van der Waals surface area contributed by atoms with E-state index in [1.165, 1.54) is 0 Å². The second-order valence-electron chi connectivity index (χ2n) is 4.47. The largest absolute Gasteiger partial charge is 0.395 e. The molecule has 1 aromatic carbocycles.